The SMILES string of the molecule is COc1ncccc1COC(=O)c1cc(C)cc(N)c1. The number of nitrogen functional groups attached to an aromatic ring is 1. The van der Waals surface area contributed by atoms with Gasteiger partial charge in [0.05, 0.1) is 18.2 Å². The molecule has 0 radical (unpaired) electrons. The van der Waals surface area contributed by atoms with Crippen LogP contribution >= 0.6 is 0 Å². The Bertz CT molecular complexity index is 606. The topological polar surface area (TPSA) is 74.4 Å². The summed E-state index contributed by atoms with van der Waals surface area (Å²) in [4.78, 5) is 16.0. The Morgan fingerprint density at radius 1 is 1.35 bits per heavy atom. The standard InChI is InChI=1S/C15H16N2O3/c1-10-6-12(8-13(16)7-10)15(18)20-9-11-4-3-5-17-14(11)19-2/h3-8H,9,16H2,1-2H3. The van der Waals surface area contributed by atoms with Gasteiger partial charge in [-0.15, -0.1) is 0 Å². The molecule has 1 aromatic heterocycles. The number of hydrogen-bond acceptors (Lipinski definition) is 5. The summed E-state index contributed by atoms with van der Waals surface area (Å²) in [6.07, 6.45) is 1.62. The lowest BCUT2D eigenvalue weighted by Gasteiger charge is -2.09. The fourth-order valence-electron chi connectivity index (χ4n) is 1.87. The van der Waals surface area contributed by atoms with Crippen LogP contribution in [0.4, 0.5) is 5.69 Å². The first-order valence-electron chi connectivity index (χ1n) is 6.12. The number of aromatic nitrogens is 1. The summed E-state index contributed by atoms with van der Waals surface area (Å²) in [5, 5.41) is 0. The van der Waals surface area contributed by atoms with Gasteiger partial charge in [-0.3, -0.25) is 0 Å². The molecule has 0 atom stereocenters. The molecule has 104 valence electrons. The molecule has 1 heterocycles. The van der Waals surface area contributed by atoms with Crippen LogP contribution in [0, 0.1) is 6.92 Å². The molecule has 0 spiro atoms. The number of ether oxygens (including phenoxy) is 2. The molecular weight excluding hydrogens is 256 g/mol. The molecule has 0 aliphatic rings. The first kappa shape index (κ1) is 13.9. The van der Waals surface area contributed by atoms with Crippen LogP contribution in [0.15, 0.2) is 36.5 Å². The van der Waals surface area contributed by atoms with Crippen LogP contribution in [0.5, 0.6) is 5.88 Å². The first-order chi connectivity index (χ1) is 9.60. The normalized spacial score (nSPS) is 10.1. The average molecular weight is 272 g/mol. The molecule has 1 aromatic carbocycles. The number of pyridine rings is 1. The Morgan fingerprint density at radius 2 is 2.15 bits per heavy atom. The molecule has 0 amide bonds. The van der Waals surface area contributed by atoms with Gasteiger partial charge in [-0.05, 0) is 42.8 Å². The van der Waals surface area contributed by atoms with Crippen LogP contribution < -0.4 is 10.5 Å². The van der Waals surface area contributed by atoms with E-state index in [2.05, 4.69) is 4.98 Å². The van der Waals surface area contributed by atoms with Crippen molar-refractivity contribution in [2.24, 2.45) is 0 Å². The number of nitrogens with two attached hydrogens (primary N) is 1. The number of methoxy groups -OCH3 is 1. The van der Waals surface area contributed by atoms with Gasteiger partial charge in [0.15, 0.2) is 0 Å². The van der Waals surface area contributed by atoms with Gasteiger partial charge >= 0.3 is 5.97 Å². The predicted octanol–water partition coefficient (Wildman–Crippen LogP) is 2.34. The third-order valence-electron chi connectivity index (χ3n) is 2.74. The highest BCUT2D eigenvalue weighted by atomic mass is 16.5. The van der Waals surface area contributed by atoms with Crippen LogP contribution in [0.3, 0.4) is 0 Å². The minimum atomic E-state index is -0.425. The van der Waals surface area contributed by atoms with Crippen molar-refractivity contribution in [3.63, 3.8) is 0 Å². The average Bonchev–Trinajstić information content (AvgIpc) is 2.44. The fraction of sp³-hybridized carbons (Fsp3) is 0.200. The molecule has 0 aliphatic heterocycles. The largest absolute Gasteiger partial charge is 0.481 e. The Morgan fingerprint density at radius 3 is 2.85 bits per heavy atom. The smallest absolute Gasteiger partial charge is 0.338 e. The van der Waals surface area contributed by atoms with Crippen LogP contribution in [0.1, 0.15) is 21.5 Å². The summed E-state index contributed by atoms with van der Waals surface area (Å²) < 4.78 is 10.4. The van der Waals surface area contributed by atoms with E-state index in [9.17, 15) is 4.79 Å². The maximum atomic E-state index is 12.0. The van der Waals surface area contributed by atoms with Crippen LogP contribution in [0.2, 0.25) is 0 Å². The third-order valence-corrected chi connectivity index (χ3v) is 2.74. The molecule has 2 aromatic rings. The van der Waals surface area contributed by atoms with E-state index in [-0.39, 0.29) is 6.61 Å². The summed E-state index contributed by atoms with van der Waals surface area (Å²) in [6.45, 7) is 1.97. The maximum Gasteiger partial charge on any atom is 0.338 e. The summed E-state index contributed by atoms with van der Waals surface area (Å²) in [5.41, 5.74) is 8.31. The Balaban J connectivity index is 2.08. The first-order valence-corrected chi connectivity index (χ1v) is 6.12. The van der Waals surface area contributed by atoms with Gasteiger partial charge < -0.3 is 15.2 Å². The molecule has 0 saturated carbocycles. The van der Waals surface area contributed by atoms with E-state index >= 15 is 0 Å². The van der Waals surface area contributed by atoms with Crippen molar-refractivity contribution >= 4 is 11.7 Å². The highest BCUT2D eigenvalue weighted by molar-refractivity contribution is 5.90. The number of esters is 1. The number of carbonyl (C=O) groups is 1. The quantitative estimate of drug-likeness (QED) is 0.683. The zero-order valence-corrected chi connectivity index (χ0v) is 11.4. The molecule has 0 fully saturated rings. The fourth-order valence-corrected chi connectivity index (χ4v) is 1.87. The Hall–Kier alpha value is -2.56. The van der Waals surface area contributed by atoms with Crippen molar-refractivity contribution in [1.82, 2.24) is 4.98 Å². The van der Waals surface area contributed by atoms with E-state index in [1.54, 1.807) is 36.5 Å². The molecule has 2 N–H and O–H groups in total. The summed E-state index contributed by atoms with van der Waals surface area (Å²) in [7, 11) is 1.52. The van der Waals surface area contributed by atoms with E-state index in [1.165, 1.54) is 7.11 Å². The summed E-state index contributed by atoms with van der Waals surface area (Å²) in [6, 6.07) is 8.68. The molecule has 5 nitrogen and oxygen atoms in total. The number of anilines is 1. The highest BCUT2D eigenvalue weighted by Crippen LogP contribution is 2.17. The van der Waals surface area contributed by atoms with Gasteiger partial charge in [0.25, 0.3) is 0 Å². The lowest BCUT2D eigenvalue weighted by Crippen LogP contribution is -2.07. The molecule has 0 saturated heterocycles. The van der Waals surface area contributed by atoms with E-state index in [1.807, 2.05) is 6.92 Å². The summed E-state index contributed by atoms with van der Waals surface area (Å²) in [5.74, 6) is 0.0235. The van der Waals surface area contributed by atoms with E-state index in [0.717, 1.165) is 5.56 Å². The minimum absolute atomic E-state index is 0.101. The lowest BCUT2D eigenvalue weighted by molar-refractivity contribution is 0.0469. The van der Waals surface area contributed by atoms with Gasteiger partial charge in [-0.1, -0.05) is 0 Å². The highest BCUT2D eigenvalue weighted by Gasteiger charge is 2.11. The monoisotopic (exact) mass is 272 g/mol. The van der Waals surface area contributed by atoms with E-state index < -0.39 is 5.97 Å². The molecule has 0 bridgehead atoms. The third kappa shape index (κ3) is 3.26. The number of carbonyl (C=O) groups excluding carboxylic acids is 1. The van der Waals surface area contributed by atoms with Gasteiger partial charge in [0.2, 0.25) is 5.88 Å². The number of aryl methyl sites for hydroxylation is 1. The van der Waals surface area contributed by atoms with Crippen molar-refractivity contribution in [2.75, 3.05) is 12.8 Å². The molecule has 20 heavy (non-hydrogen) atoms. The van der Waals surface area contributed by atoms with Crippen LogP contribution in [0.25, 0.3) is 0 Å². The second-order valence-corrected chi connectivity index (χ2v) is 4.38. The van der Waals surface area contributed by atoms with Crippen molar-refractivity contribution in [3.8, 4) is 5.88 Å². The molecule has 5 heteroatoms. The van der Waals surface area contributed by atoms with Crippen molar-refractivity contribution < 1.29 is 14.3 Å². The van der Waals surface area contributed by atoms with Gasteiger partial charge in [0.1, 0.15) is 6.61 Å². The van der Waals surface area contributed by atoms with Crippen LogP contribution in [-0.4, -0.2) is 18.1 Å². The van der Waals surface area contributed by atoms with Gasteiger partial charge in [0, 0.05) is 11.9 Å². The predicted molar refractivity (Wildman–Crippen MR) is 75.5 cm³/mol. The van der Waals surface area contributed by atoms with E-state index in [0.29, 0.717) is 22.7 Å². The van der Waals surface area contributed by atoms with E-state index in [4.69, 9.17) is 15.2 Å². The van der Waals surface area contributed by atoms with Crippen molar-refractivity contribution in [1.29, 1.82) is 0 Å². The van der Waals surface area contributed by atoms with Crippen molar-refractivity contribution in [3.05, 3.63) is 53.2 Å². The molecule has 0 unspecified atom stereocenters. The number of benzene rings is 1. The molecule has 0 aliphatic carbocycles. The second-order valence-electron chi connectivity index (χ2n) is 4.38. The number of hydrogen-bond donors (Lipinski definition) is 1. The maximum absolute atomic E-state index is 12.0. The Labute approximate surface area is 117 Å². The number of rotatable bonds is 4. The van der Waals surface area contributed by atoms with Crippen LogP contribution in [-0.2, 0) is 11.3 Å². The zero-order valence-electron chi connectivity index (χ0n) is 11.4. The Kier molecular flexibility index (Phi) is 4.20. The lowest BCUT2D eigenvalue weighted by atomic mass is 10.1. The van der Waals surface area contributed by atoms with Gasteiger partial charge in [-0.25, -0.2) is 9.78 Å². The zero-order chi connectivity index (χ0) is 14.5. The number of nitrogens with zero attached hydrogens (tertiary/aromatic N) is 1. The molecular formula is C15H16N2O3. The van der Waals surface area contributed by atoms with Crippen molar-refractivity contribution in [2.45, 2.75) is 13.5 Å². The minimum Gasteiger partial charge on any atom is -0.481 e. The second kappa shape index (κ2) is 6.06. The van der Waals surface area contributed by atoms with Gasteiger partial charge in [-0.2, -0.15) is 0 Å². The molecule has 2 rings (SSSR count). The summed E-state index contributed by atoms with van der Waals surface area (Å²) >= 11 is 0.